The molecule has 1 N–H and O–H groups in total. The van der Waals surface area contributed by atoms with Crippen LogP contribution < -0.4 is 0 Å². The molecule has 1 fully saturated rings. The Labute approximate surface area is 141 Å². The smallest absolute Gasteiger partial charge is 0.335 e. The number of piperidine rings is 1. The summed E-state index contributed by atoms with van der Waals surface area (Å²) in [6, 6.07) is 5.52. The summed E-state index contributed by atoms with van der Waals surface area (Å²) in [7, 11) is -3.67. The lowest BCUT2D eigenvalue weighted by Crippen LogP contribution is -2.44. The second-order valence-corrected chi connectivity index (χ2v) is 8.37. The Morgan fingerprint density at radius 2 is 1.96 bits per heavy atom. The lowest BCUT2D eigenvalue weighted by atomic mass is 9.77. The van der Waals surface area contributed by atoms with Crippen molar-refractivity contribution in [1.82, 2.24) is 4.31 Å². The number of hydrogen-bond donors (Lipinski definition) is 1. The fourth-order valence-electron chi connectivity index (χ4n) is 3.29. The van der Waals surface area contributed by atoms with Crippen LogP contribution in [-0.4, -0.2) is 50.1 Å². The number of carboxylic acid groups (broad SMARTS) is 1. The van der Waals surface area contributed by atoms with Gasteiger partial charge in [0.15, 0.2) is 0 Å². The summed E-state index contributed by atoms with van der Waals surface area (Å²) in [6.45, 7) is 2.13. The van der Waals surface area contributed by atoms with E-state index in [0.717, 1.165) is 19.3 Å². The van der Waals surface area contributed by atoms with Gasteiger partial charge in [-0.3, -0.25) is 0 Å². The van der Waals surface area contributed by atoms with Gasteiger partial charge in [0.05, 0.1) is 23.7 Å². The van der Waals surface area contributed by atoms with Gasteiger partial charge < -0.3 is 9.84 Å². The minimum atomic E-state index is -3.67. The minimum absolute atomic E-state index is 0.0158. The van der Waals surface area contributed by atoms with Crippen LogP contribution >= 0.6 is 0 Å². The molecule has 0 amide bonds. The molecule has 3 rings (SSSR count). The third-order valence-corrected chi connectivity index (χ3v) is 6.74. The van der Waals surface area contributed by atoms with Gasteiger partial charge in [0.1, 0.15) is 0 Å². The third-order valence-electron chi connectivity index (χ3n) is 4.84. The Morgan fingerprint density at radius 1 is 1.21 bits per heavy atom. The van der Waals surface area contributed by atoms with E-state index in [9.17, 15) is 13.2 Å². The number of sulfonamides is 1. The van der Waals surface area contributed by atoms with E-state index in [1.165, 1.54) is 28.6 Å². The van der Waals surface area contributed by atoms with Crippen LogP contribution in [0.3, 0.4) is 0 Å². The monoisotopic (exact) mass is 351 g/mol. The lowest BCUT2D eigenvalue weighted by Gasteiger charge is -2.40. The molecule has 130 valence electrons. The molecule has 0 atom stereocenters. The number of benzene rings is 1. The highest BCUT2D eigenvalue weighted by molar-refractivity contribution is 7.89. The fourth-order valence-corrected chi connectivity index (χ4v) is 4.78. The highest BCUT2D eigenvalue weighted by atomic mass is 32.2. The Kier molecular flexibility index (Phi) is 4.76. The highest BCUT2D eigenvalue weighted by Crippen LogP contribution is 2.38. The molecule has 2 aliphatic rings. The molecule has 2 aliphatic heterocycles. The zero-order valence-electron chi connectivity index (χ0n) is 13.3. The predicted octanol–water partition coefficient (Wildman–Crippen LogP) is 2.13. The van der Waals surface area contributed by atoms with E-state index in [1.807, 2.05) is 6.08 Å². The van der Waals surface area contributed by atoms with Crippen LogP contribution in [0.15, 0.2) is 41.3 Å². The molecule has 0 aliphatic carbocycles. The average Bonchev–Trinajstić information content (AvgIpc) is 2.81. The summed E-state index contributed by atoms with van der Waals surface area (Å²) >= 11 is 0. The summed E-state index contributed by atoms with van der Waals surface area (Å²) in [6.07, 6.45) is 6.53. The molecule has 2 heterocycles. The Balaban J connectivity index is 1.76. The first-order valence-electron chi connectivity index (χ1n) is 7.99. The van der Waals surface area contributed by atoms with Gasteiger partial charge in [0.25, 0.3) is 0 Å². The van der Waals surface area contributed by atoms with Crippen molar-refractivity contribution >= 4 is 16.0 Å². The summed E-state index contributed by atoms with van der Waals surface area (Å²) in [4.78, 5) is 11.1. The second-order valence-electron chi connectivity index (χ2n) is 6.43. The van der Waals surface area contributed by atoms with Gasteiger partial charge in [-0.15, -0.1) is 0 Å². The van der Waals surface area contributed by atoms with Gasteiger partial charge in [0, 0.05) is 13.1 Å². The van der Waals surface area contributed by atoms with E-state index >= 15 is 0 Å². The number of carbonyl (C=O) groups is 1. The first kappa shape index (κ1) is 17.1. The largest absolute Gasteiger partial charge is 0.478 e. The second kappa shape index (κ2) is 6.66. The SMILES string of the molecule is O=C(O)c1cccc(S(=O)(=O)N2CCC3(CC=CCOC3)CC2)c1. The number of allylic oxidation sites excluding steroid dienone is 1. The maximum Gasteiger partial charge on any atom is 0.335 e. The molecular formula is C17H21NO5S. The summed E-state index contributed by atoms with van der Waals surface area (Å²) in [5.74, 6) is -1.13. The number of carboxylic acids is 1. The highest BCUT2D eigenvalue weighted by Gasteiger charge is 2.38. The van der Waals surface area contributed by atoms with Crippen molar-refractivity contribution in [2.75, 3.05) is 26.3 Å². The molecule has 0 bridgehead atoms. The van der Waals surface area contributed by atoms with Gasteiger partial charge in [-0.05, 0) is 42.9 Å². The third kappa shape index (κ3) is 3.38. The molecule has 1 saturated heterocycles. The number of aromatic carboxylic acids is 1. The first-order valence-corrected chi connectivity index (χ1v) is 9.43. The van der Waals surface area contributed by atoms with Gasteiger partial charge in [-0.2, -0.15) is 4.31 Å². The Bertz CT molecular complexity index is 748. The number of hydrogen-bond acceptors (Lipinski definition) is 4. The van der Waals surface area contributed by atoms with Crippen molar-refractivity contribution in [3.05, 3.63) is 42.0 Å². The fraction of sp³-hybridized carbons (Fsp3) is 0.471. The summed E-state index contributed by atoms with van der Waals surface area (Å²) in [5.41, 5.74) is -0.00562. The maximum absolute atomic E-state index is 12.8. The zero-order chi connectivity index (χ0) is 17.2. The van der Waals surface area contributed by atoms with E-state index in [1.54, 1.807) is 0 Å². The van der Waals surface area contributed by atoms with Crippen LogP contribution in [-0.2, 0) is 14.8 Å². The van der Waals surface area contributed by atoms with E-state index in [0.29, 0.717) is 26.3 Å². The maximum atomic E-state index is 12.8. The van der Waals surface area contributed by atoms with Crippen LogP contribution in [0.4, 0.5) is 0 Å². The van der Waals surface area contributed by atoms with Gasteiger partial charge in [0.2, 0.25) is 10.0 Å². The van der Waals surface area contributed by atoms with E-state index in [4.69, 9.17) is 9.84 Å². The van der Waals surface area contributed by atoms with Crippen LogP contribution in [0.2, 0.25) is 0 Å². The van der Waals surface area contributed by atoms with Crippen LogP contribution in [0, 0.1) is 5.41 Å². The van der Waals surface area contributed by atoms with Crippen LogP contribution in [0.1, 0.15) is 29.6 Å². The molecule has 1 aromatic rings. The molecule has 0 unspecified atom stereocenters. The van der Waals surface area contributed by atoms with Crippen molar-refractivity contribution < 1.29 is 23.1 Å². The molecule has 1 spiro atoms. The van der Waals surface area contributed by atoms with E-state index in [2.05, 4.69) is 6.08 Å². The van der Waals surface area contributed by atoms with Crippen LogP contribution in [0.5, 0.6) is 0 Å². The number of rotatable bonds is 3. The number of ether oxygens (including phenoxy) is 1. The standard InChI is InChI=1S/C17H21NO5S/c19-16(20)14-4-3-5-15(12-14)24(21,22)18-9-7-17(8-10-18)6-1-2-11-23-13-17/h1-5,12H,6-11,13H2,(H,19,20). The number of nitrogens with zero attached hydrogens (tertiary/aromatic N) is 1. The molecular weight excluding hydrogens is 330 g/mol. The molecule has 0 aromatic heterocycles. The van der Waals surface area contributed by atoms with Gasteiger partial charge in [-0.25, -0.2) is 13.2 Å². The molecule has 6 nitrogen and oxygen atoms in total. The van der Waals surface area contributed by atoms with Crippen LogP contribution in [0.25, 0.3) is 0 Å². The van der Waals surface area contributed by atoms with Gasteiger partial charge >= 0.3 is 5.97 Å². The van der Waals surface area contributed by atoms with Gasteiger partial charge in [-0.1, -0.05) is 18.2 Å². The lowest BCUT2D eigenvalue weighted by molar-refractivity contribution is 0.0323. The molecule has 24 heavy (non-hydrogen) atoms. The summed E-state index contributed by atoms with van der Waals surface area (Å²) < 4.78 is 32.6. The van der Waals surface area contributed by atoms with Crippen molar-refractivity contribution in [2.45, 2.75) is 24.2 Å². The average molecular weight is 351 g/mol. The zero-order valence-corrected chi connectivity index (χ0v) is 14.2. The first-order chi connectivity index (χ1) is 11.4. The van der Waals surface area contributed by atoms with Crippen molar-refractivity contribution in [3.8, 4) is 0 Å². The van der Waals surface area contributed by atoms with Crippen molar-refractivity contribution in [3.63, 3.8) is 0 Å². The normalized spacial score (nSPS) is 21.5. The Hall–Kier alpha value is -1.70. The topological polar surface area (TPSA) is 83.9 Å². The van der Waals surface area contributed by atoms with Crippen molar-refractivity contribution in [2.24, 2.45) is 5.41 Å². The summed E-state index contributed by atoms with van der Waals surface area (Å²) in [5, 5.41) is 9.05. The predicted molar refractivity (Wildman–Crippen MR) is 88.4 cm³/mol. The van der Waals surface area contributed by atoms with E-state index < -0.39 is 16.0 Å². The Morgan fingerprint density at radius 3 is 2.67 bits per heavy atom. The molecule has 0 radical (unpaired) electrons. The minimum Gasteiger partial charge on any atom is -0.478 e. The van der Waals surface area contributed by atoms with E-state index in [-0.39, 0.29) is 15.9 Å². The molecule has 0 saturated carbocycles. The molecule has 7 heteroatoms. The molecule has 1 aromatic carbocycles. The van der Waals surface area contributed by atoms with Crippen molar-refractivity contribution in [1.29, 1.82) is 0 Å². The quantitative estimate of drug-likeness (QED) is 0.844.